The number of ether oxygens (including phenoxy) is 2. The van der Waals surface area contributed by atoms with Gasteiger partial charge in [-0.05, 0) is 24.1 Å². The summed E-state index contributed by atoms with van der Waals surface area (Å²) in [5.74, 6) is -0.136. The van der Waals surface area contributed by atoms with Gasteiger partial charge < -0.3 is 36.3 Å². The van der Waals surface area contributed by atoms with Crippen LogP contribution in [0.1, 0.15) is 12.5 Å². The molecule has 0 radical (unpaired) electrons. The number of carbonyl (C=O) groups excluding carboxylic acids is 1. The zero-order chi connectivity index (χ0) is 24.8. The SMILES string of the molecule is CCOC(=O)[C@@H](N)Cc1ccc(-c2c(NC)n(NC)c(=O)n(NC)c2=O)cc1N1CCOCC1. The molecule has 34 heavy (non-hydrogen) atoms. The molecular weight excluding hydrogens is 442 g/mol. The molecule has 0 amide bonds. The highest BCUT2D eigenvalue weighted by molar-refractivity contribution is 5.80. The molecule has 186 valence electrons. The number of nitrogens with zero attached hydrogens (tertiary/aromatic N) is 3. The molecule has 0 bridgehead atoms. The summed E-state index contributed by atoms with van der Waals surface area (Å²) in [5.41, 5.74) is 13.1. The Bertz CT molecular complexity index is 1140. The van der Waals surface area contributed by atoms with E-state index in [0.717, 1.165) is 15.9 Å². The van der Waals surface area contributed by atoms with Gasteiger partial charge in [0.1, 0.15) is 11.9 Å². The van der Waals surface area contributed by atoms with Crippen LogP contribution in [0.4, 0.5) is 11.5 Å². The highest BCUT2D eigenvalue weighted by atomic mass is 16.5. The molecule has 1 aliphatic rings. The first-order valence-corrected chi connectivity index (χ1v) is 11.2. The van der Waals surface area contributed by atoms with Crippen molar-refractivity contribution in [2.24, 2.45) is 5.73 Å². The van der Waals surface area contributed by atoms with Gasteiger partial charge in [0.2, 0.25) is 0 Å². The van der Waals surface area contributed by atoms with E-state index in [1.807, 2.05) is 12.1 Å². The minimum absolute atomic E-state index is 0.257. The van der Waals surface area contributed by atoms with Gasteiger partial charge in [-0.15, -0.1) is 0 Å². The molecule has 12 nitrogen and oxygen atoms in total. The fourth-order valence-corrected chi connectivity index (χ4v) is 4.07. The lowest BCUT2D eigenvalue weighted by Gasteiger charge is -2.31. The summed E-state index contributed by atoms with van der Waals surface area (Å²) in [6, 6.07) is 4.72. The Morgan fingerprint density at radius 2 is 1.82 bits per heavy atom. The van der Waals surface area contributed by atoms with Crippen molar-refractivity contribution in [2.45, 2.75) is 19.4 Å². The second-order valence-electron chi connectivity index (χ2n) is 7.68. The number of aromatic nitrogens is 2. The first-order chi connectivity index (χ1) is 16.4. The van der Waals surface area contributed by atoms with Gasteiger partial charge in [0.15, 0.2) is 0 Å². The maximum atomic E-state index is 13.3. The van der Waals surface area contributed by atoms with E-state index in [-0.39, 0.29) is 13.0 Å². The molecule has 2 aromatic rings. The van der Waals surface area contributed by atoms with Crippen molar-refractivity contribution >= 4 is 17.5 Å². The third-order valence-electron chi connectivity index (χ3n) is 5.70. The highest BCUT2D eigenvalue weighted by Crippen LogP contribution is 2.31. The molecule has 3 rings (SSSR count). The van der Waals surface area contributed by atoms with Gasteiger partial charge in [0, 0.05) is 46.3 Å². The molecule has 1 saturated heterocycles. The van der Waals surface area contributed by atoms with Crippen molar-refractivity contribution in [2.75, 3.05) is 75.1 Å². The predicted molar refractivity (Wildman–Crippen MR) is 132 cm³/mol. The maximum absolute atomic E-state index is 13.3. The van der Waals surface area contributed by atoms with E-state index >= 15 is 0 Å². The van der Waals surface area contributed by atoms with Crippen LogP contribution >= 0.6 is 0 Å². The zero-order valence-corrected chi connectivity index (χ0v) is 20.0. The van der Waals surface area contributed by atoms with Gasteiger partial charge in [-0.1, -0.05) is 12.1 Å². The average molecular weight is 476 g/mol. The number of nitrogens with two attached hydrogens (primary N) is 1. The lowest BCUT2D eigenvalue weighted by atomic mass is 9.98. The summed E-state index contributed by atoms with van der Waals surface area (Å²) in [4.78, 5) is 40.3. The standard InChI is InChI=1S/C22H33N7O5/c1-5-34-21(31)16(23)12-14-6-7-15(13-17(14)27-8-10-33-11-9-27)18-19(24-2)28(25-3)22(32)29(26-4)20(18)30/h6-7,13,16,24-26H,5,8-12,23H2,1-4H3/t16-/m0/s1. The van der Waals surface area contributed by atoms with E-state index in [2.05, 4.69) is 21.1 Å². The fraction of sp³-hybridized carbons (Fsp3) is 0.500. The Balaban J connectivity index is 2.18. The van der Waals surface area contributed by atoms with Crippen LogP contribution in [-0.4, -0.2) is 75.4 Å². The molecule has 0 spiro atoms. The van der Waals surface area contributed by atoms with Crippen LogP contribution in [0.2, 0.25) is 0 Å². The Labute approximate surface area is 197 Å². The van der Waals surface area contributed by atoms with Gasteiger partial charge in [0.25, 0.3) is 5.56 Å². The Hall–Kier alpha value is -3.51. The molecule has 12 heteroatoms. The quantitative estimate of drug-likeness (QED) is 0.345. The first-order valence-electron chi connectivity index (χ1n) is 11.2. The molecule has 5 N–H and O–H groups in total. The normalized spacial score (nSPS) is 14.4. The number of hydrogen-bond acceptors (Lipinski definition) is 10. The van der Waals surface area contributed by atoms with Crippen molar-refractivity contribution in [3.8, 4) is 11.1 Å². The summed E-state index contributed by atoms with van der Waals surface area (Å²) < 4.78 is 12.8. The second-order valence-corrected chi connectivity index (χ2v) is 7.68. The minimum Gasteiger partial charge on any atom is -0.465 e. The number of hydrogen-bond donors (Lipinski definition) is 4. The van der Waals surface area contributed by atoms with Gasteiger partial charge in [-0.3, -0.25) is 9.59 Å². The van der Waals surface area contributed by atoms with Crippen LogP contribution in [-0.2, 0) is 20.7 Å². The van der Waals surface area contributed by atoms with E-state index in [1.165, 1.54) is 11.7 Å². The molecule has 2 heterocycles. The van der Waals surface area contributed by atoms with Crippen LogP contribution in [0.15, 0.2) is 27.8 Å². The average Bonchev–Trinajstić information content (AvgIpc) is 2.85. The number of benzene rings is 1. The number of anilines is 2. The largest absolute Gasteiger partial charge is 0.465 e. The predicted octanol–water partition coefficient (Wildman–Crippen LogP) is -0.665. The molecular formula is C22H33N7O5. The lowest BCUT2D eigenvalue weighted by molar-refractivity contribution is -0.144. The van der Waals surface area contributed by atoms with Crippen molar-refractivity contribution < 1.29 is 14.3 Å². The molecule has 1 aromatic heterocycles. The van der Waals surface area contributed by atoms with Gasteiger partial charge in [-0.2, -0.15) is 9.35 Å². The van der Waals surface area contributed by atoms with Crippen molar-refractivity contribution in [1.29, 1.82) is 0 Å². The summed E-state index contributed by atoms with van der Waals surface area (Å²) in [6.07, 6.45) is 0.279. The minimum atomic E-state index is -0.814. The molecule has 1 fully saturated rings. The number of nitrogens with one attached hydrogen (secondary N) is 3. The fourth-order valence-electron chi connectivity index (χ4n) is 4.07. The molecule has 0 saturated carbocycles. The Morgan fingerprint density at radius 1 is 1.15 bits per heavy atom. The van der Waals surface area contributed by atoms with Crippen LogP contribution < -0.4 is 38.1 Å². The Kier molecular flexibility index (Phi) is 8.18. The van der Waals surface area contributed by atoms with E-state index in [9.17, 15) is 14.4 Å². The van der Waals surface area contributed by atoms with Gasteiger partial charge in [-0.25, -0.2) is 4.79 Å². The summed E-state index contributed by atoms with van der Waals surface area (Å²) in [7, 11) is 4.74. The third-order valence-corrected chi connectivity index (χ3v) is 5.70. The monoisotopic (exact) mass is 475 g/mol. The smallest absolute Gasteiger partial charge is 0.370 e. The molecule has 1 aliphatic heterocycles. The van der Waals surface area contributed by atoms with E-state index in [4.69, 9.17) is 15.2 Å². The summed E-state index contributed by atoms with van der Waals surface area (Å²) in [5, 5.41) is 2.97. The van der Waals surface area contributed by atoms with Crippen molar-refractivity contribution in [1.82, 2.24) is 9.35 Å². The third kappa shape index (κ3) is 4.87. The van der Waals surface area contributed by atoms with Gasteiger partial charge in [0.05, 0.1) is 25.4 Å². The number of morpholine rings is 1. The van der Waals surface area contributed by atoms with E-state index in [0.29, 0.717) is 43.2 Å². The molecule has 1 atom stereocenters. The van der Waals surface area contributed by atoms with E-state index < -0.39 is 23.3 Å². The van der Waals surface area contributed by atoms with Crippen LogP contribution in [0, 0.1) is 0 Å². The molecule has 0 aliphatic carbocycles. The number of rotatable bonds is 9. The topological polar surface area (TPSA) is 145 Å². The number of carbonyl (C=O) groups is 1. The number of esters is 1. The summed E-state index contributed by atoms with van der Waals surface area (Å²) in [6.45, 7) is 4.43. The van der Waals surface area contributed by atoms with E-state index in [1.54, 1.807) is 27.1 Å². The second kappa shape index (κ2) is 11.1. The van der Waals surface area contributed by atoms with Crippen LogP contribution in [0.5, 0.6) is 0 Å². The van der Waals surface area contributed by atoms with Crippen molar-refractivity contribution in [3.63, 3.8) is 0 Å². The molecule has 1 aromatic carbocycles. The van der Waals surface area contributed by atoms with Crippen LogP contribution in [0.25, 0.3) is 11.1 Å². The zero-order valence-electron chi connectivity index (χ0n) is 20.0. The molecule has 0 unspecified atom stereocenters. The van der Waals surface area contributed by atoms with Gasteiger partial charge >= 0.3 is 11.7 Å². The highest BCUT2D eigenvalue weighted by Gasteiger charge is 2.24. The van der Waals surface area contributed by atoms with Crippen molar-refractivity contribution in [3.05, 3.63) is 44.6 Å². The summed E-state index contributed by atoms with van der Waals surface area (Å²) >= 11 is 0. The maximum Gasteiger partial charge on any atom is 0.370 e. The lowest BCUT2D eigenvalue weighted by Crippen LogP contribution is -2.47. The Morgan fingerprint density at radius 3 is 2.41 bits per heavy atom. The first kappa shape index (κ1) is 25.1. The van der Waals surface area contributed by atoms with Crippen LogP contribution in [0.3, 0.4) is 0 Å².